The van der Waals surface area contributed by atoms with Crippen LogP contribution in [-0.2, 0) is 0 Å². The number of amides is 1. The van der Waals surface area contributed by atoms with Gasteiger partial charge in [0.05, 0.1) is 12.1 Å². The van der Waals surface area contributed by atoms with Crippen LogP contribution in [0.5, 0.6) is 0 Å². The predicted octanol–water partition coefficient (Wildman–Crippen LogP) is 0.115. The third-order valence-electron chi connectivity index (χ3n) is 1.78. The Morgan fingerprint density at radius 3 is 2.55 bits per heavy atom. The van der Waals surface area contributed by atoms with E-state index in [0.717, 1.165) is 0 Å². The van der Waals surface area contributed by atoms with Gasteiger partial charge in [0.15, 0.2) is 0 Å². The highest BCUT2D eigenvalue weighted by Gasteiger charge is 2.33. The Hall–Kier alpha value is -0.840. The van der Waals surface area contributed by atoms with Crippen molar-refractivity contribution in [3.63, 3.8) is 0 Å². The molecule has 0 aromatic heterocycles. The van der Waals surface area contributed by atoms with Gasteiger partial charge >= 0.3 is 6.09 Å². The van der Waals surface area contributed by atoms with Gasteiger partial charge in [0.2, 0.25) is 0 Å². The Morgan fingerprint density at radius 1 is 1.55 bits per heavy atom. The van der Waals surface area contributed by atoms with Crippen LogP contribution in [0, 0.1) is 0 Å². The second-order valence-corrected chi connectivity index (χ2v) is 2.69. The van der Waals surface area contributed by atoms with Crippen molar-refractivity contribution in [1.82, 2.24) is 5.32 Å². The normalized spacial score (nSPS) is 37.1. The number of aliphatic hydroxyl groups is 1. The second kappa shape index (κ2) is 3.04. The highest BCUT2D eigenvalue weighted by Crippen LogP contribution is 2.22. The van der Waals surface area contributed by atoms with Crippen LogP contribution in [0.2, 0.25) is 0 Å². The molecule has 1 aliphatic carbocycles. The van der Waals surface area contributed by atoms with Crippen molar-refractivity contribution in [3.8, 4) is 0 Å². The Kier molecular flexibility index (Phi) is 2.28. The molecule has 1 amide bonds. The lowest BCUT2D eigenvalue weighted by Gasteiger charge is -2.12. The van der Waals surface area contributed by atoms with Gasteiger partial charge in [0.1, 0.15) is 6.17 Å². The van der Waals surface area contributed by atoms with Gasteiger partial charge in [0, 0.05) is 12.8 Å². The molecule has 0 unspecified atom stereocenters. The Morgan fingerprint density at radius 2 is 2.18 bits per heavy atom. The molecule has 4 nitrogen and oxygen atoms in total. The lowest BCUT2D eigenvalue weighted by Crippen LogP contribution is -2.38. The molecule has 1 rings (SSSR count). The molecular formula is C6H10FNO3. The van der Waals surface area contributed by atoms with E-state index in [1.807, 2.05) is 5.32 Å². The van der Waals surface area contributed by atoms with Crippen LogP contribution in [0.3, 0.4) is 0 Å². The van der Waals surface area contributed by atoms with Crippen molar-refractivity contribution in [3.05, 3.63) is 0 Å². The molecule has 3 N–H and O–H groups in total. The zero-order chi connectivity index (χ0) is 8.43. The molecule has 0 bridgehead atoms. The second-order valence-electron chi connectivity index (χ2n) is 2.69. The molecule has 0 saturated heterocycles. The summed E-state index contributed by atoms with van der Waals surface area (Å²) < 4.78 is 12.5. The summed E-state index contributed by atoms with van der Waals surface area (Å²) in [7, 11) is 0. The number of nitrogens with one attached hydrogen (secondary N) is 1. The maximum absolute atomic E-state index is 12.5. The smallest absolute Gasteiger partial charge is 0.404 e. The maximum atomic E-state index is 12.5. The summed E-state index contributed by atoms with van der Waals surface area (Å²) in [6.07, 6.45) is -3.07. The van der Waals surface area contributed by atoms with Crippen LogP contribution in [0.15, 0.2) is 0 Å². The van der Waals surface area contributed by atoms with E-state index in [-0.39, 0.29) is 12.8 Å². The van der Waals surface area contributed by atoms with E-state index in [1.165, 1.54) is 0 Å². The van der Waals surface area contributed by atoms with E-state index in [2.05, 4.69) is 0 Å². The van der Waals surface area contributed by atoms with Crippen molar-refractivity contribution >= 4 is 6.09 Å². The van der Waals surface area contributed by atoms with Crippen LogP contribution in [0.1, 0.15) is 12.8 Å². The zero-order valence-corrected chi connectivity index (χ0v) is 5.83. The lowest BCUT2D eigenvalue weighted by atomic mass is 10.2. The Labute approximate surface area is 63.0 Å². The largest absolute Gasteiger partial charge is 0.465 e. The quantitative estimate of drug-likeness (QED) is 0.514. The maximum Gasteiger partial charge on any atom is 0.404 e. The summed E-state index contributed by atoms with van der Waals surface area (Å²) in [6.45, 7) is 0. The molecule has 0 heterocycles. The molecule has 3 atom stereocenters. The summed E-state index contributed by atoms with van der Waals surface area (Å²) in [5.74, 6) is 0. The van der Waals surface area contributed by atoms with Crippen LogP contribution < -0.4 is 5.32 Å². The first-order valence-electron chi connectivity index (χ1n) is 3.41. The van der Waals surface area contributed by atoms with Gasteiger partial charge in [-0.2, -0.15) is 0 Å². The number of carbonyl (C=O) groups is 1. The van der Waals surface area contributed by atoms with Crippen molar-refractivity contribution in [2.75, 3.05) is 0 Å². The zero-order valence-electron chi connectivity index (χ0n) is 5.83. The monoisotopic (exact) mass is 163 g/mol. The fourth-order valence-corrected chi connectivity index (χ4v) is 1.27. The third-order valence-corrected chi connectivity index (χ3v) is 1.78. The van der Waals surface area contributed by atoms with Crippen molar-refractivity contribution in [1.29, 1.82) is 0 Å². The number of aliphatic hydroxyl groups excluding tert-OH is 1. The number of alkyl halides is 1. The van der Waals surface area contributed by atoms with Crippen molar-refractivity contribution < 1.29 is 19.4 Å². The average molecular weight is 163 g/mol. The Bertz CT molecular complexity index is 164. The van der Waals surface area contributed by atoms with Crippen LogP contribution in [0.4, 0.5) is 9.18 Å². The molecule has 0 aromatic rings. The van der Waals surface area contributed by atoms with Crippen molar-refractivity contribution in [2.24, 2.45) is 0 Å². The molecule has 1 saturated carbocycles. The first kappa shape index (κ1) is 8.26. The highest BCUT2D eigenvalue weighted by atomic mass is 19.1. The number of hydrogen-bond donors (Lipinski definition) is 3. The molecule has 11 heavy (non-hydrogen) atoms. The van der Waals surface area contributed by atoms with E-state index in [4.69, 9.17) is 10.2 Å². The van der Waals surface area contributed by atoms with Gasteiger partial charge < -0.3 is 15.5 Å². The number of halogens is 1. The van der Waals surface area contributed by atoms with Gasteiger partial charge in [-0.25, -0.2) is 9.18 Å². The molecule has 5 heteroatoms. The third kappa shape index (κ3) is 2.04. The molecule has 0 spiro atoms. The van der Waals surface area contributed by atoms with Crippen molar-refractivity contribution in [2.45, 2.75) is 31.2 Å². The molecular weight excluding hydrogens is 153 g/mol. The van der Waals surface area contributed by atoms with E-state index in [9.17, 15) is 9.18 Å². The minimum absolute atomic E-state index is 0.0327. The fraction of sp³-hybridized carbons (Fsp3) is 0.833. The summed E-state index contributed by atoms with van der Waals surface area (Å²) in [4.78, 5) is 10.1. The molecule has 0 radical (unpaired) electrons. The summed E-state index contributed by atoms with van der Waals surface area (Å²) in [5, 5.41) is 19.3. The van der Waals surface area contributed by atoms with E-state index < -0.39 is 24.4 Å². The van der Waals surface area contributed by atoms with E-state index in [0.29, 0.717) is 0 Å². The summed E-state index contributed by atoms with van der Waals surface area (Å²) in [6, 6.07) is -0.637. The lowest BCUT2D eigenvalue weighted by molar-refractivity contribution is 0.135. The number of rotatable bonds is 1. The van der Waals surface area contributed by atoms with Gasteiger partial charge in [-0.1, -0.05) is 0 Å². The Balaban J connectivity index is 2.40. The fourth-order valence-electron chi connectivity index (χ4n) is 1.27. The predicted molar refractivity (Wildman–Crippen MR) is 35.1 cm³/mol. The minimum Gasteiger partial charge on any atom is -0.465 e. The van der Waals surface area contributed by atoms with Crippen LogP contribution in [-0.4, -0.2) is 34.6 Å². The topological polar surface area (TPSA) is 69.6 Å². The molecule has 0 aromatic carbocycles. The molecule has 1 fully saturated rings. The summed E-state index contributed by atoms with van der Waals surface area (Å²) in [5.41, 5.74) is 0. The number of hydrogen-bond acceptors (Lipinski definition) is 2. The standard InChI is InChI=1S/C6H10FNO3/c7-3-1-4(5(9)2-3)8-6(10)11/h3-5,8-9H,1-2H2,(H,10,11)/t3-,4-,5-/m0/s1. The first-order valence-corrected chi connectivity index (χ1v) is 3.41. The van der Waals surface area contributed by atoms with Gasteiger partial charge in [-0.3, -0.25) is 0 Å². The SMILES string of the molecule is O=C(O)N[C@H]1C[C@H](F)C[C@@H]1O. The number of carboxylic acid groups (broad SMARTS) is 1. The highest BCUT2D eigenvalue weighted by molar-refractivity contribution is 5.65. The van der Waals surface area contributed by atoms with Gasteiger partial charge in [-0.15, -0.1) is 0 Å². The van der Waals surface area contributed by atoms with E-state index >= 15 is 0 Å². The molecule has 0 aliphatic heterocycles. The van der Waals surface area contributed by atoms with E-state index in [1.54, 1.807) is 0 Å². The van der Waals surface area contributed by atoms with Crippen LogP contribution >= 0.6 is 0 Å². The first-order chi connectivity index (χ1) is 5.09. The average Bonchev–Trinajstić information content (AvgIpc) is 2.09. The van der Waals surface area contributed by atoms with Crippen LogP contribution in [0.25, 0.3) is 0 Å². The molecule has 64 valence electrons. The summed E-state index contributed by atoms with van der Waals surface area (Å²) >= 11 is 0. The van der Waals surface area contributed by atoms with Gasteiger partial charge in [-0.05, 0) is 0 Å². The van der Waals surface area contributed by atoms with Gasteiger partial charge in [0.25, 0.3) is 0 Å². The molecule has 1 aliphatic rings. The minimum atomic E-state index is -1.22.